The average Bonchev–Trinajstić information content (AvgIpc) is 3.43. The maximum atomic E-state index is 10.1. The lowest BCUT2D eigenvalue weighted by Crippen LogP contribution is -2.32. The molecule has 37 heavy (non-hydrogen) atoms. The van der Waals surface area contributed by atoms with E-state index < -0.39 is 18.8 Å². The number of nitrogens with one attached hydrogen (secondary N) is 2. The first-order valence-electron chi connectivity index (χ1n) is 12.1. The zero-order valence-electron chi connectivity index (χ0n) is 21.1. The molecule has 12 heteroatoms. The lowest BCUT2D eigenvalue weighted by atomic mass is 9.80. The van der Waals surface area contributed by atoms with Gasteiger partial charge in [-0.1, -0.05) is 41.6 Å². The summed E-state index contributed by atoms with van der Waals surface area (Å²) in [5.74, 6) is 2.04. The van der Waals surface area contributed by atoms with Gasteiger partial charge in [0.25, 0.3) is 5.89 Å². The van der Waals surface area contributed by atoms with Crippen LogP contribution in [-0.4, -0.2) is 50.5 Å². The Labute approximate surface area is 214 Å². The van der Waals surface area contributed by atoms with Crippen molar-refractivity contribution < 1.29 is 18.9 Å². The lowest BCUT2D eigenvalue weighted by Gasteiger charge is -2.20. The third-order valence-electron chi connectivity index (χ3n) is 5.95. The fourth-order valence-corrected chi connectivity index (χ4v) is 4.19. The van der Waals surface area contributed by atoms with Crippen LogP contribution in [0.4, 0.5) is 17.6 Å². The summed E-state index contributed by atoms with van der Waals surface area (Å²) in [5.41, 5.74) is 2.49. The topological polar surface area (TPSA) is 140 Å². The zero-order valence-corrected chi connectivity index (χ0v) is 21.1. The van der Waals surface area contributed by atoms with Gasteiger partial charge >= 0.3 is 7.12 Å². The van der Waals surface area contributed by atoms with Crippen molar-refractivity contribution in [2.24, 2.45) is 0 Å². The molecule has 0 unspecified atom stereocenters. The van der Waals surface area contributed by atoms with Crippen LogP contribution in [0, 0.1) is 6.92 Å². The maximum absolute atomic E-state index is 10.1. The molecule has 3 aromatic heterocycles. The minimum absolute atomic E-state index is 0.151. The van der Waals surface area contributed by atoms with Crippen LogP contribution in [0.3, 0.4) is 0 Å². The number of fused-ring (bicyclic) bond motifs is 1. The smallest absolute Gasteiger partial charge is 0.408 e. The van der Waals surface area contributed by atoms with Crippen LogP contribution in [0.15, 0.2) is 53.2 Å². The van der Waals surface area contributed by atoms with E-state index in [1.165, 1.54) is 0 Å². The van der Waals surface area contributed by atoms with Crippen molar-refractivity contribution in [2.75, 3.05) is 23.8 Å². The van der Waals surface area contributed by atoms with E-state index in [9.17, 15) is 5.11 Å². The van der Waals surface area contributed by atoms with Crippen LogP contribution in [-0.2, 0) is 14.9 Å². The van der Waals surface area contributed by atoms with E-state index in [0.717, 1.165) is 16.7 Å². The van der Waals surface area contributed by atoms with Crippen molar-refractivity contribution in [1.29, 1.82) is 0 Å². The third-order valence-corrected chi connectivity index (χ3v) is 5.95. The van der Waals surface area contributed by atoms with Crippen LogP contribution >= 0.6 is 0 Å². The number of aliphatic hydroxyl groups is 1. The zero-order chi connectivity index (χ0) is 26.0. The molecule has 0 radical (unpaired) electrons. The molecule has 11 nitrogen and oxygen atoms in total. The van der Waals surface area contributed by atoms with Gasteiger partial charge in [-0.15, -0.1) is 0 Å². The van der Waals surface area contributed by atoms with Crippen LogP contribution < -0.4 is 16.1 Å². The number of aromatic nitrogens is 5. The Morgan fingerprint density at radius 2 is 1.92 bits per heavy atom. The minimum atomic E-state index is -0.607. The number of aryl methyl sites for hydroxylation is 1. The van der Waals surface area contributed by atoms with Gasteiger partial charge < -0.3 is 29.6 Å². The van der Waals surface area contributed by atoms with Gasteiger partial charge in [-0.25, -0.2) is 9.97 Å². The van der Waals surface area contributed by atoms with Crippen molar-refractivity contribution in [3.8, 4) is 11.5 Å². The summed E-state index contributed by atoms with van der Waals surface area (Å²) < 4.78 is 17.1. The Hall–Kier alpha value is -3.87. The Kier molecular flexibility index (Phi) is 6.87. The predicted octanol–water partition coefficient (Wildman–Crippen LogP) is 3.12. The molecular formula is C25H28BN7O4. The summed E-state index contributed by atoms with van der Waals surface area (Å²) >= 11 is 0. The number of pyridine rings is 1. The van der Waals surface area contributed by atoms with Crippen molar-refractivity contribution in [1.82, 2.24) is 25.1 Å². The highest BCUT2D eigenvalue weighted by atomic mass is 16.6. The molecule has 1 aliphatic rings. The monoisotopic (exact) mass is 501 g/mol. The fraction of sp³-hybridized carbons (Fsp3) is 0.320. The van der Waals surface area contributed by atoms with Gasteiger partial charge in [0.1, 0.15) is 17.2 Å². The van der Waals surface area contributed by atoms with E-state index >= 15 is 0 Å². The van der Waals surface area contributed by atoms with Crippen LogP contribution in [0.1, 0.15) is 43.9 Å². The van der Waals surface area contributed by atoms with Gasteiger partial charge in [-0.05, 0) is 39.3 Å². The first kappa shape index (κ1) is 24.8. The highest BCUT2D eigenvalue weighted by Crippen LogP contribution is 2.32. The van der Waals surface area contributed by atoms with E-state index in [0.29, 0.717) is 35.6 Å². The molecule has 1 aliphatic heterocycles. The second-order valence-corrected chi connectivity index (χ2v) is 9.07. The molecule has 5 rings (SSSR count). The molecule has 0 bridgehead atoms. The molecule has 1 aromatic carbocycles. The molecule has 0 saturated carbocycles. The van der Waals surface area contributed by atoms with Crippen molar-refractivity contribution in [2.45, 2.75) is 39.3 Å². The van der Waals surface area contributed by atoms with Gasteiger partial charge in [-0.2, -0.15) is 9.97 Å². The molecule has 4 heterocycles. The van der Waals surface area contributed by atoms with Gasteiger partial charge in [0.05, 0.1) is 23.9 Å². The second kappa shape index (κ2) is 10.2. The maximum Gasteiger partial charge on any atom is 0.496 e. The standard InChI is InChI=1S/C25H28BN7O4/c1-5-35-26-18-11-12-20(30-21(18)25(3,4)37-26)31-24-27-13-17(23-28-15(2)33-36-23)22(32-24)29-19(14-34)16-9-7-6-8-10-16/h6-13,19,34H,5,14H2,1-4H3,(H2,27,29,30,31,32)/t19-/m1/s1. The van der Waals surface area contributed by atoms with Crippen molar-refractivity contribution in [3.63, 3.8) is 0 Å². The summed E-state index contributed by atoms with van der Waals surface area (Å²) in [6, 6.07) is 13.0. The number of aliphatic hydroxyl groups excluding tert-OH is 1. The van der Waals surface area contributed by atoms with Gasteiger partial charge in [-0.3, -0.25) is 0 Å². The summed E-state index contributed by atoms with van der Waals surface area (Å²) in [5, 5.41) is 20.5. The van der Waals surface area contributed by atoms with Crippen LogP contribution in [0.25, 0.3) is 11.5 Å². The lowest BCUT2D eigenvalue weighted by molar-refractivity contribution is 0.0834. The molecule has 190 valence electrons. The Balaban J connectivity index is 1.47. The van der Waals surface area contributed by atoms with E-state index in [-0.39, 0.29) is 12.5 Å². The number of hydrogen-bond donors (Lipinski definition) is 3. The largest absolute Gasteiger partial charge is 0.496 e. The first-order chi connectivity index (χ1) is 17.9. The normalized spacial score (nSPS) is 14.9. The summed E-state index contributed by atoms with van der Waals surface area (Å²) in [4.78, 5) is 18.2. The Morgan fingerprint density at radius 1 is 1.11 bits per heavy atom. The third kappa shape index (κ3) is 5.17. The summed E-state index contributed by atoms with van der Waals surface area (Å²) in [6.07, 6.45) is 1.59. The highest BCUT2D eigenvalue weighted by Gasteiger charge is 2.44. The molecule has 0 aliphatic carbocycles. The minimum Gasteiger partial charge on any atom is -0.408 e. The number of benzene rings is 1. The van der Waals surface area contributed by atoms with Crippen LogP contribution in [0.5, 0.6) is 0 Å². The van der Waals surface area contributed by atoms with E-state index in [4.69, 9.17) is 18.8 Å². The van der Waals surface area contributed by atoms with Crippen molar-refractivity contribution in [3.05, 3.63) is 65.7 Å². The number of nitrogens with zero attached hydrogens (tertiary/aromatic N) is 5. The predicted molar refractivity (Wildman–Crippen MR) is 139 cm³/mol. The van der Waals surface area contributed by atoms with E-state index in [2.05, 4.69) is 30.7 Å². The van der Waals surface area contributed by atoms with Crippen LogP contribution in [0.2, 0.25) is 0 Å². The van der Waals surface area contributed by atoms with Gasteiger partial charge in [0, 0.05) is 18.3 Å². The van der Waals surface area contributed by atoms with Crippen molar-refractivity contribution >= 4 is 30.2 Å². The Morgan fingerprint density at radius 3 is 2.62 bits per heavy atom. The molecule has 4 aromatic rings. The number of rotatable bonds is 9. The first-order valence-corrected chi connectivity index (χ1v) is 12.1. The highest BCUT2D eigenvalue weighted by molar-refractivity contribution is 6.63. The molecule has 3 N–H and O–H groups in total. The quantitative estimate of drug-likeness (QED) is 0.291. The molecule has 0 spiro atoms. The van der Waals surface area contributed by atoms with Gasteiger partial charge in [0.2, 0.25) is 5.95 Å². The number of hydrogen-bond acceptors (Lipinski definition) is 11. The molecule has 0 fully saturated rings. The molecule has 0 amide bonds. The fourth-order valence-electron chi connectivity index (χ4n) is 4.19. The van der Waals surface area contributed by atoms with Gasteiger partial charge in [0.15, 0.2) is 5.82 Å². The van der Waals surface area contributed by atoms with E-state index in [1.807, 2.05) is 63.2 Å². The average molecular weight is 501 g/mol. The molecule has 0 saturated heterocycles. The number of anilines is 3. The van der Waals surface area contributed by atoms with E-state index in [1.54, 1.807) is 13.1 Å². The summed E-state index contributed by atoms with van der Waals surface area (Å²) in [6.45, 7) is 7.96. The molecule has 1 atom stereocenters. The molecular weight excluding hydrogens is 473 g/mol. The Bertz CT molecular complexity index is 1380. The second-order valence-electron chi connectivity index (χ2n) is 9.07. The summed E-state index contributed by atoms with van der Waals surface area (Å²) in [7, 11) is -0.450. The SMILES string of the molecule is CCOB1OC(C)(C)c2nc(Nc3ncc(-c4nc(C)no4)c(N[C@H](CO)c4ccccc4)n3)ccc21.